The second kappa shape index (κ2) is 7.92. The SMILES string of the molecule is Cc1cccc(OCc2nc(C)c(C(=O)Nc3nnc(C(C)C)s3)s2)c1. The van der Waals surface area contributed by atoms with E-state index in [-0.39, 0.29) is 11.8 Å². The Hall–Kier alpha value is -2.32. The van der Waals surface area contributed by atoms with Crippen LogP contribution in [0.25, 0.3) is 0 Å². The number of amides is 1. The van der Waals surface area contributed by atoms with Crippen LogP contribution in [0.2, 0.25) is 0 Å². The van der Waals surface area contributed by atoms with Gasteiger partial charge in [0.2, 0.25) is 5.13 Å². The van der Waals surface area contributed by atoms with Gasteiger partial charge in [0.25, 0.3) is 5.91 Å². The summed E-state index contributed by atoms with van der Waals surface area (Å²) >= 11 is 2.72. The molecule has 8 heteroatoms. The van der Waals surface area contributed by atoms with Gasteiger partial charge in [-0.25, -0.2) is 4.98 Å². The zero-order valence-electron chi connectivity index (χ0n) is 15.1. The quantitative estimate of drug-likeness (QED) is 0.669. The molecule has 0 bridgehead atoms. The van der Waals surface area contributed by atoms with Crippen molar-refractivity contribution in [1.29, 1.82) is 0 Å². The highest BCUT2D eigenvalue weighted by Gasteiger charge is 2.18. The summed E-state index contributed by atoms with van der Waals surface area (Å²) in [4.78, 5) is 17.5. The molecule has 2 heterocycles. The summed E-state index contributed by atoms with van der Waals surface area (Å²) in [5, 5.41) is 13.1. The smallest absolute Gasteiger partial charge is 0.269 e. The van der Waals surface area contributed by atoms with Gasteiger partial charge in [-0.1, -0.05) is 37.3 Å². The van der Waals surface area contributed by atoms with Crippen LogP contribution < -0.4 is 10.1 Å². The minimum atomic E-state index is -0.215. The Balaban J connectivity index is 1.65. The number of aromatic nitrogens is 3. The van der Waals surface area contributed by atoms with Crippen LogP contribution in [-0.2, 0) is 6.61 Å². The minimum absolute atomic E-state index is 0.215. The lowest BCUT2D eigenvalue weighted by molar-refractivity contribution is 0.102. The lowest BCUT2D eigenvalue weighted by Gasteiger charge is -2.04. The van der Waals surface area contributed by atoms with Crippen molar-refractivity contribution in [1.82, 2.24) is 15.2 Å². The predicted octanol–water partition coefficient (Wildman–Crippen LogP) is 4.57. The van der Waals surface area contributed by atoms with Crippen LogP contribution in [0.3, 0.4) is 0 Å². The summed E-state index contributed by atoms with van der Waals surface area (Å²) in [6.07, 6.45) is 0. The average molecular weight is 389 g/mol. The Morgan fingerprint density at radius 1 is 1.23 bits per heavy atom. The van der Waals surface area contributed by atoms with Crippen molar-refractivity contribution in [3.05, 3.63) is 50.4 Å². The zero-order valence-corrected chi connectivity index (χ0v) is 16.7. The molecule has 1 N–H and O–H groups in total. The molecule has 26 heavy (non-hydrogen) atoms. The number of hydrogen-bond donors (Lipinski definition) is 1. The fourth-order valence-corrected chi connectivity index (χ4v) is 3.86. The first-order valence-corrected chi connectivity index (χ1v) is 9.86. The Kier molecular flexibility index (Phi) is 5.63. The molecule has 1 amide bonds. The van der Waals surface area contributed by atoms with E-state index in [1.807, 2.05) is 52.0 Å². The van der Waals surface area contributed by atoms with Crippen LogP contribution in [0.1, 0.15) is 50.7 Å². The highest BCUT2D eigenvalue weighted by molar-refractivity contribution is 7.16. The maximum absolute atomic E-state index is 12.5. The van der Waals surface area contributed by atoms with Crippen LogP contribution in [0.4, 0.5) is 5.13 Å². The van der Waals surface area contributed by atoms with Crippen LogP contribution in [0.5, 0.6) is 5.75 Å². The maximum Gasteiger partial charge on any atom is 0.269 e. The third-order valence-electron chi connectivity index (χ3n) is 3.55. The monoisotopic (exact) mass is 388 g/mol. The predicted molar refractivity (Wildman–Crippen MR) is 104 cm³/mol. The molecule has 0 aliphatic heterocycles. The molecule has 2 aromatic heterocycles. The largest absolute Gasteiger partial charge is 0.486 e. The second-order valence-electron chi connectivity index (χ2n) is 6.18. The van der Waals surface area contributed by atoms with Gasteiger partial charge < -0.3 is 4.74 Å². The van der Waals surface area contributed by atoms with E-state index in [1.165, 1.54) is 22.7 Å². The minimum Gasteiger partial charge on any atom is -0.486 e. The van der Waals surface area contributed by atoms with Gasteiger partial charge in [0.05, 0.1) is 5.69 Å². The van der Waals surface area contributed by atoms with E-state index in [9.17, 15) is 4.79 Å². The topological polar surface area (TPSA) is 77.0 Å². The number of ether oxygens (including phenoxy) is 1. The van der Waals surface area contributed by atoms with Gasteiger partial charge in [0.15, 0.2) is 0 Å². The summed E-state index contributed by atoms with van der Waals surface area (Å²) in [5.74, 6) is 0.862. The van der Waals surface area contributed by atoms with E-state index in [4.69, 9.17) is 4.74 Å². The third kappa shape index (κ3) is 4.44. The molecule has 0 saturated carbocycles. The van der Waals surface area contributed by atoms with Gasteiger partial charge in [-0.3, -0.25) is 10.1 Å². The normalized spacial score (nSPS) is 11.0. The first kappa shape index (κ1) is 18.5. The maximum atomic E-state index is 12.5. The van der Waals surface area contributed by atoms with Gasteiger partial charge in [-0.2, -0.15) is 0 Å². The molecule has 0 unspecified atom stereocenters. The molecule has 1 aromatic carbocycles. The molecular weight excluding hydrogens is 368 g/mol. The number of benzene rings is 1. The Bertz CT molecular complexity index is 918. The fourth-order valence-electron chi connectivity index (χ4n) is 2.25. The third-order valence-corrected chi connectivity index (χ3v) is 5.82. The van der Waals surface area contributed by atoms with Gasteiger partial charge >= 0.3 is 0 Å². The Labute approximate surface area is 160 Å². The van der Waals surface area contributed by atoms with Crippen molar-refractivity contribution in [2.75, 3.05) is 5.32 Å². The molecule has 0 fully saturated rings. The van der Waals surface area contributed by atoms with Crippen molar-refractivity contribution in [3.8, 4) is 5.75 Å². The number of hydrogen-bond acceptors (Lipinski definition) is 7. The molecule has 6 nitrogen and oxygen atoms in total. The first-order chi connectivity index (χ1) is 12.4. The van der Waals surface area contributed by atoms with Gasteiger partial charge in [0, 0.05) is 5.92 Å². The summed E-state index contributed by atoms with van der Waals surface area (Å²) in [5.41, 5.74) is 1.82. The number of rotatable bonds is 6. The van der Waals surface area contributed by atoms with E-state index in [0.717, 1.165) is 21.3 Å². The summed E-state index contributed by atoms with van der Waals surface area (Å²) < 4.78 is 5.76. The zero-order chi connectivity index (χ0) is 18.7. The van der Waals surface area contributed by atoms with Crippen LogP contribution >= 0.6 is 22.7 Å². The number of nitrogens with zero attached hydrogens (tertiary/aromatic N) is 3. The highest BCUT2D eigenvalue weighted by Crippen LogP contribution is 2.25. The Morgan fingerprint density at radius 2 is 2.04 bits per heavy atom. The van der Waals surface area contributed by atoms with Crippen molar-refractivity contribution in [3.63, 3.8) is 0 Å². The molecule has 0 radical (unpaired) electrons. The molecule has 0 aliphatic rings. The van der Waals surface area contributed by atoms with E-state index in [1.54, 1.807) is 0 Å². The molecule has 3 aromatic rings. The lowest BCUT2D eigenvalue weighted by atomic mass is 10.2. The molecule has 136 valence electrons. The first-order valence-electron chi connectivity index (χ1n) is 8.23. The van der Waals surface area contributed by atoms with E-state index >= 15 is 0 Å². The van der Waals surface area contributed by atoms with Gasteiger partial charge in [0.1, 0.15) is 27.2 Å². The summed E-state index contributed by atoms with van der Waals surface area (Å²) in [6, 6.07) is 7.84. The standard InChI is InChI=1S/C18H20N4O2S2/c1-10(2)17-21-22-18(26-17)20-16(23)15-12(4)19-14(25-15)9-24-13-7-5-6-11(3)8-13/h5-8,10H,9H2,1-4H3,(H,20,22,23). The van der Waals surface area contributed by atoms with E-state index in [0.29, 0.717) is 22.3 Å². The van der Waals surface area contributed by atoms with E-state index in [2.05, 4.69) is 20.5 Å². The number of nitrogens with one attached hydrogen (secondary N) is 1. The molecular formula is C18H20N4O2S2. The number of anilines is 1. The molecule has 0 saturated heterocycles. The van der Waals surface area contributed by atoms with E-state index < -0.39 is 0 Å². The van der Waals surface area contributed by atoms with Gasteiger partial charge in [-0.05, 0) is 31.5 Å². The van der Waals surface area contributed by atoms with Crippen molar-refractivity contribution in [2.45, 2.75) is 40.2 Å². The number of carbonyl (C=O) groups excluding carboxylic acids is 1. The molecule has 0 aliphatic carbocycles. The molecule has 0 atom stereocenters. The second-order valence-corrected chi connectivity index (χ2v) is 8.27. The number of thiazole rings is 1. The fraction of sp³-hybridized carbons (Fsp3) is 0.333. The average Bonchev–Trinajstić information content (AvgIpc) is 3.20. The highest BCUT2D eigenvalue weighted by atomic mass is 32.1. The Morgan fingerprint density at radius 3 is 2.73 bits per heavy atom. The molecule has 0 spiro atoms. The van der Waals surface area contributed by atoms with Crippen LogP contribution in [0, 0.1) is 13.8 Å². The van der Waals surface area contributed by atoms with Crippen molar-refractivity contribution in [2.24, 2.45) is 0 Å². The molecule has 3 rings (SSSR count). The summed E-state index contributed by atoms with van der Waals surface area (Å²) in [6.45, 7) is 8.25. The van der Waals surface area contributed by atoms with Crippen LogP contribution in [0.15, 0.2) is 24.3 Å². The lowest BCUT2D eigenvalue weighted by Crippen LogP contribution is -2.11. The van der Waals surface area contributed by atoms with Crippen molar-refractivity contribution < 1.29 is 9.53 Å². The number of carbonyl (C=O) groups is 1. The van der Waals surface area contributed by atoms with Crippen LogP contribution in [-0.4, -0.2) is 21.1 Å². The summed E-state index contributed by atoms with van der Waals surface area (Å²) in [7, 11) is 0. The van der Waals surface area contributed by atoms with Crippen molar-refractivity contribution >= 4 is 33.7 Å². The number of aryl methyl sites for hydroxylation is 2. The van der Waals surface area contributed by atoms with Gasteiger partial charge in [-0.15, -0.1) is 21.5 Å².